The zero-order valence-electron chi connectivity index (χ0n) is 12.0. The van der Waals surface area contributed by atoms with Crippen molar-refractivity contribution in [1.29, 1.82) is 0 Å². The Morgan fingerprint density at radius 1 is 1.47 bits per heavy atom. The molecule has 106 valence electrons. The summed E-state index contributed by atoms with van der Waals surface area (Å²) in [5.41, 5.74) is 0. The summed E-state index contributed by atoms with van der Waals surface area (Å²) in [6.45, 7) is 5.32. The molecule has 1 saturated heterocycles. The fourth-order valence-corrected chi connectivity index (χ4v) is 2.48. The zero-order valence-corrected chi connectivity index (χ0v) is 12.0. The highest BCUT2D eigenvalue weighted by Gasteiger charge is 2.13. The molecule has 0 bridgehead atoms. The van der Waals surface area contributed by atoms with Gasteiger partial charge >= 0.3 is 0 Å². The molecule has 1 aliphatic heterocycles. The largest absolute Gasteiger partial charge is 0.370 e. The maximum Gasteiger partial charge on any atom is 0.133 e. The van der Waals surface area contributed by atoms with Gasteiger partial charge in [0.05, 0.1) is 0 Å². The quantitative estimate of drug-likeness (QED) is 0.786. The molecule has 0 spiro atoms. The van der Waals surface area contributed by atoms with Gasteiger partial charge in [0.25, 0.3) is 0 Å². The number of nitrogens with zero attached hydrogens (tertiary/aromatic N) is 3. The van der Waals surface area contributed by atoms with Crippen molar-refractivity contribution in [3.8, 4) is 0 Å². The lowest BCUT2D eigenvalue weighted by molar-refractivity contribution is 0.574. The number of anilines is 2. The van der Waals surface area contributed by atoms with Gasteiger partial charge in [-0.2, -0.15) is 0 Å². The lowest BCUT2D eigenvalue weighted by atomic mass is 10.1. The monoisotopic (exact) mass is 263 g/mol. The molecule has 5 nitrogen and oxygen atoms in total. The minimum Gasteiger partial charge on any atom is -0.370 e. The number of hydrogen-bond acceptors (Lipinski definition) is 5. The molecule has 19 heavy (non-hydrogen) atoms. The third-order valence-corrected chi connectivity index (χ3v) is 3.56. The SMILES string of the molecule is CCCN(C)c1cc(NCCC2CCCN2)ncn1. The van der Waals surface area contributed by atoms with Crippen LogP contribution in [0.25, 0.3) is 0 Å². The second-order valence-electron chi connectivity index (χ2n) is 5.19. The van der Waals surface area contributed by atoms with Crippen LogP contribution in [0.15, 0.2) is 12.4 Å². The first-order valence-corrected chi connectivity index (χ1v) is 7.30. The Labute approximate surface area is 115 Å². The van der Waals surface area contributed by atoms with Crippen molar-refractivity contribution in [2.75, 3.05) is 36.9 Å². The summed E-state index contributed by atoms with van der Waals surface area (Å²) in [7, 11) is 2.07. The minimum absolute atomic E-state index is 0.677. The van der Waals surface area contributed by atoms with E-state index in [2.05, 4.69) is 39.5 Å². The average Bonchev–Trinajstić information content (AvgIpc) is 2.93. The van der Waals surface area contributed by atoms with E-state index in [0.29, 0.717) is 6.04 Å². The summed E-state index contributed by atoms with van der Waals surface area (Å²) in [5.74, 6) is 1.91. The van der Waals surface area contributed by atoms with E-state index in [1.54, 1.807) is 6.33 Å². The molecule has 1 fully saturated rings. The van der Waals surface area contributed by atoms with Gasteiger partial charge in [0.15, 0.2) is 0 Å². The van der Waals surface area contributed by atoms with Gasteiger partial charge in [0.1, 0.15) is 18.0 Å². The molecule has 2 N–H and O–H groups in total. The Morgan fingerprint density at radius 3 is 3.11 bits per heavy atom. The topological polar surface area (TPSA) is 53.1 Å². The lowest BCUT2D eigenvalue weighted by Gasteiger charge is -2.17. The summed E-state index contributed by atoms with van der Waals surface area (Å²) in [4.78, 5) is 10.7. The van der Waals surface area contributed by atoms with Gasteiger partial charge in [-0.3, -0.25) is 0 Å². The second kappa shape index (κ2) is 7.28. The third kappa shape index (κ3) is 4.35. The van der Waals surface area contributed by atoms with Gasteiger partial charge in [-0.05, 0) is 32.2 Å². The van der Waals surface area contributed by atoms with Crippen LogP contribution in [-0.2, 0) is 0 Å². The van der Waals surface area contributed by atoms with E-state index in [1.165, 1.54) is 19.4 Å². The smallest absolute Gasteiger partial charge is 0.133 e. The van der Waals surface area contributed by atoms with Gasteiger partial charge in [-0.25, -0.2) is 9.97 Å². The van der Waals surface area contributed by atoms with Crippen molar-refractivity contribution in [2.24, 2.45) is 0 Å². The lowest BCUT2D eigenvalue weighted by Crippen LogP contribution is -2.24. The first-order chi connectivity index (χ1) is 9.29. The molecule has 2 heterocycles. The van der Waals surface area contributed by atoms with Crippen LogP contribution >= 0.6 is 0 Å². The number of aromatic nitrogens is 2. The Kier molecular flexibility index (Phi) is 5.39. The summed E-state index contributed by atoms with van der Waals surface area (Å²) in [6, 6.07) is 2.70. The Balaban J connectivity index is 1.80. The van der Waals surface area contributed by atoms with Crippen molar-refractivity contribution in [3.63, 3.8) is 0 Å². The van der Waals surface area contributed by atoms with Gasteiger partial charge < -0.3 is 15.5 Å². The molecule has 2 rings (SSSR count). The van der Waals surface area contributed by atoms with E-state index in [1.807, 2.05) is 6.07 Å². The predicted octanol–water partition coefficient (Wildman–Crippen LogP) is 1.88. The molecule has 1 aromatic heterocycles. The standard InChI is InChI=1S/C14H25N5/c1-3-9-19(2)14-10-13(17-11-18-14)16-8-6-12-5-4-7-15-12/h10-12,15H,3-9H2,1-2H3,(H,16,17,18). The second-order valence-corrected chi connectivity index (χ2v) is 5.19. The zero-order chi connectivity index (χ0) is 13.5. The van der Waals surface area contributed by atoms with Gasteiger partial charge in [-0.15, -0.1) is 0 Å². The minimum atomic E-state index is 0.677. The summed E-state index contributed by atoms with van der Waals surface area (Å²) < 4.78 is 0. The number of hydrogen-bond donors (Lipinski definition) is 2. The normalized spacial score (nSPS) is 18.5. The van der Waals surface area contributed by atoms with Gasteiger partial charge in [0.2, 0.25) is 0 Å². The number of rotatable bonds is 7. The molecule has 0 amide bonds. The van der Waals surface area contributed by atoms with E-state index >= 15 is 0 Å². The van der Waals surface area contributed by atoms with Crippen LogP contribution in [0, 0.1) is 0 Å². The molecule has 1 atom stereocenters. The van der Waals surface area contributed by atoms with E-state index in [-0.39, 0.29) is 0 Å². The molecule has 1 unspecified atom stereocenters. The molecule has 0 saturated carbocycles. The van der Waals surface area contributed by atoms with Crippen LogP contribution in [0.2, 0.25) is 0 Å². The Hall–Kier alpha value is -1.36. The molecular weight excluding hydrogens is 238 g/mol. The highest BCUT2D eigenvalue weighted by molar-refractivity contribution is 5.47. The maximum atomic E-state index is 4.31. The van der Waals surface area contributed by atoms with Gasteiger partial charge in [-0.1, -0.05) is 6.92 Å². The molecule has 0 radical (unpaired) electrons. The fraction of sp³-hybridized carbons (Fsp3) is 0.714. The number of nitrogens with one attached hydrogen (secondary N) is 2. The van der Waals surface area contributed by atoms with Gasteiger partial charge in [0, 0.05) is 32.2 Å². The van der Waals surface area contributed by atoms with Crippen LogP contribution in [0.4, 0.5) is 11.6 Å². The van der Waals surface area contributed by atoms with Crippen molar-refractivity contribution < 1.29 is 0 Å². The molecule has 1 aliphatic rings. The van der Waals surface area contributed by atoms with E-state index < -0.39 is 0 Å². The predicted molar refractivity (Wildman–Crippen MR) is 79.7 cm³/mol. The van der Waals surface area contributed by atoms with Crippen LogP contribution < -0.4 is 15.5 Å². The van der Waals surface area contributed by atoms with Crippen molar-refractivity contribution in [2.45, 2.75) is 38.6 Å². The van der Waals surface area contributed by atoms with E-state index in [9.17, 15) is 0 Å². The van der Waals surface area contributed by atoms with E-state index in [4.69, 9.17) is 0 Å². The van der Waals surface area contributed by atoms with Crippen LogP contribution in [0.5, 0.6) is 0 Å². The van der Waals surface area contributed by atoms with Crippen LogP contribution in [0.3, 0.4) is 0 Å². The van der Waals surface area contributed by atoms with Crippen molar-refractivity contribution in [1.82, 2.24) is 15.3 Å². The summed E-state index contributed by atoms with van der Waals surface area (Å²) >= 11 is 0. The van der Waals surface area contributed by atoms with Crippen molar-refractivity contribution in [3.05, 3.63) is 12.4 Å². The summed E-state index contributed by atoms with van der Waals surface area (Å²) in [6.07, 6.45) is 6.53. The first kappa shape index (κ1) is 14.1. The van der Waals surface area contributed by atoms with E-state index in [0.717, 1.165) is 37.6 Å². The first-order valence-electron chi connectivity index (χ1n) is 7.30. The third-order valence-electron chi connectivity index (χ3n) is 3.56. The highest BCUT2D eigenvalue weighted by atomic mass is 15.2. The Bertz CT molecular complexity index is 376. The maximum absolute atomic E-state index is 4.31. The van der Waals surface area contributed by atoms with Crippen LogP contribution in [-0.4, -0.2) is 42.7 Å². The molecule has 5 heteroatoms. The molecule has 0 aliphatic carbocycles. The summed E-state index contributed by atoms with van der Waals surface area (Å²) in [5, 5.41) is 6.90. The molecule has 0 aromatic carbocycles. The average molecular weight is 263 g/mol. The van der Waals surface area contributed by atoms with Crippen LogP contribution in [0.1, 0.15) is 32.6 Å². The Morgan fingerprint density at radius 2 is 2.37 bits per heavy atom. The molecular formula is C14H25N5. The highest BCUT2D eigenvalue weighted by Crippen LogP contribution is 2.14. The molecule has 1 aromatic rings. The van der Waals surface area contributed by atoms with Crippen molar-refractivity contribution >= 4 is 11.6 Å². The fourth-order valence-electron chi connectivity index (χ4n) is 2.48.